The number of nitrogens with zero attached hydrogens (tertiary/aromatic N) is 4. The molecule has 0 spiro atoms. The summed E-state index contributed by atoms with van der Waals surface area (Å²) in [5, 5.41) is 7.19. The van der Waals surface area contributed by atoms with E-state index in [1.165, 1.54) is 12.1 Å². The summed E-state index contributed by atoms with van der Waals surface area (Å²) in [5.74, 6) is -0.287. The average Bonchev–Trinajstić information content (AvgIpc) is 3.17. The smallest absolute Gasteiger partial charge is 0.317 e. The fraction of sp³-hybridized carbons (Fsp3) is 0.450. The van der Waals surface area contributed by atoms with E-state index < -0.39 is 0 Å². The quantitative estimate of drug-likeness (QED) is 0.879. The lowest BCUT2D eigenvalue weighted by Crippen LogP contribution is -2.53. The molecule has 0 aliphatic carbocycles. The number of rotatable bonds is 3. The first-order valence-electron chi connectivity index (χ1n) is 9.73. The van der Waals surface area contributed by atoms with Crippen molar-refractivity contribution in [3.63, 3.8) is 0 Å². The van der Waals surface area contributed by atoms with E-state index in [1.54, 1.807) is 28.1 Å². The zero-order valence-corrected chi connectivity index (χ0v) is 15.7. The van der Waals surface area contributed by atoms with Crippen molar-refractivity contribution >= 4 is 11.9 Å². The molecule has 0 saturated carbocycles. The summed E-state index contributed by atoms with van der Waals surface area (Å²) >= 11 is 0. The summed E-state index contributed by atoms with van der Waals surface area (Å²) in [5.41, 5.74) is 2.58. The fourth-order valence-electron chi connectivity index (χ4n) is 3.77. The van der Waals surface area contributed by atoms with E-state index in [0.29, 0.717) is 38.3 Å². The number of nitrogens with one attached hydrogen (secondary N) is 1. The van der Waals surface area contributed by atoms with Gasteiger partial charge >= 0.3 is 6.03 Å². The van der Waals surface area contributed by atoms with Gasteiger partial charge in [-0.1, -0.05) is 12.1 Å². The monoisotopic (exact) mass is 385 g/mol. The third kappa shape index (κ3) is 3.85. The van der Waals surface area contributed by atoms with Crippen molar-refractivity contribution in [1.82, 2.24) is 24.9 Å². The first-order chi connectivity index (χ1) is 13.6. The molecule has 2 aliphatic heterocycles. The van der Waals surface area contributed by atoms with Gasteiger partial charge in [0.2, 0.25) is 0 Å². The number of fused-ring (bicyclic) bond motifs is 1. The number of hydrogen-bond donors (Lipinski definition) is 1. The predicted molar refractivity (Wildman–Crippen MR) is 101 cm³/mol. The van der Waals surface area contributed by atoms with Gasteiger partial charge < -0.3 is 15.1 Å². The van der Waals surface area contributed by atoms with Crippen molar-refractivity contribution in [2.24, 2.45) is 0 Å². The van der Waals surface area contributed by atoms with Crippen molar-refractivity contribution in [1.29, 1.82) is 0 Å². The summed E-state index contributed by atoms with van der Waals surface area (Å²) in [7, 11) is 0. The first-order valence-corrected chi connectivity index (χ1v) is 9.73. The highest BCUT2D eigenvalue weighted by Crippen LogP contribution is 2.20. The molecule has 4 rings (SSSR count). The van der Waals surface area contributed by atoms with Gasteiger partial charge in [0.1, 0.15) is 5.82 Å². The average molecular weight is 385 g/mol. The molecule has 2 aliphatic rings. The third-order valence-electron chi connectivity index (χ3n) is 5.42. The molecule has 1 fully saturated rings. The van der Waals surface area contributed by atoms with E-state index >= 15 is 0 Å². The van der Waals surface area contributed by atoms with E-state index in [-0.39, 0.29) is 17.8 Å². The normalized spacial score (nSPS) is 16.6. The van der Waals surface area contributed by atoms with E-state index in [1.807, 2.05) is 4.68 Å². The second kappa shape index (κ2) is 8.00. The molecule has 1 N–H and O–H groups in total. The van der Waals surface area contributed by atoms with Gasteiger partial charge in [-0.05, 0) is 37.0 Å². The molecule has 1 aromatic heterocycles. The molecule has 1 saturated heterocycles. The summed E-state index contributed by atoms with van der Waals surface area (Å²) < 4.78 is 14.9. The molecule has 7 nitrogen and oxygen atoms in total. The van der Waals surface area contributed by atoms with Crippen molar-refractivity contribution in [2.45, 2.75) is 32.4 Å². The highest BCUT2D eigenvalue weighted by Gasteiger charge is 2.28. The number of amides is 3. The Labute approximate surface area is 163 Å². The van der Waals surface area contributed by atoms with Crippen molar-refractivity contribution < 1.29 is 14.0 Å². The zero-order valence-electron chi connectivity index (χ0n) is 15.7. The lowest BCUT2D eigenvalue weighted by atomic mass is 10.1. The molecule has 28 heavy (non-hydrogen) atoms. The van der Waals surface area contributed by atoms with Crippen LogP contribution in [-0.4, -0.2) is 57.7 Å². The number of piperazine rings is 1. The minimum absolute atomic E-state index is 0.00882. The second-order valence-corrected chi connectivity index (χ2v) is 7.25. The number of aryl methyl sites for hydroxylation is 1. The van der Waals surface area contributed by atoms with Gasteiger partial charge in [-0.15, -0.1) is 0 Å². The minimum atomic E-state index is -0.296. The number of aromatic nitrogens is 2. The van der Waals surface area contributed by atoms with Crippen LogP contribution in [0.15, 0.2) is 30.5 Å². The fourth-order valence-corrected chi connectivity index (χ4v) is 3.77. The van der Waals surface area contributed by atoms with Crippen LogP contribution in [0.5, 0.6) is 0 Å². The standard InChI is InChI=1S/C20H24FN5O2/c21-16-6-4-15(5-7-16)13-22-20(28)25-11-9-24(10-12-25)19(27)17-14-23-26-8-2-1-3-18(17)26/h4-7,14H,1-3,8-13H2,(H,22,28). The number of carbonyl (C=O) groups is 2. The molecule has 3 amide bonds. The Morgan fingerprint density at radius 2 is 1.71 bits per heavy atom. The van der Waals surface area contributed by atoms with Crippen LogP contribution in [0.2, 0.25) is 0 Å². The number of urea groups is 1. The van der Waals surface area contributed by atoms with Crippen LogP contribution in [0, 0.1) is 5.82 Å². The third-order valence-corrected chi connectivity index (χ3v) is 5.42. The largest absolute Gasteiger partial charge is 0.335 e. The van der Waals surface area contributed by atoms with Crippen LogP contribution >= 0.6 is 0 Å². The summed E-state index contributed by atoms with van der Waals surface area (Å²) in [6.45, 7) is 3.22. The number of carbonyl (C=O) groups excluding carboxylic acids is 2. The second-order valence-electron chi connectivity index (χ2n) is 7.25. The Morgan fingerprint density at radius 1 is 1.00 bits per heavy atom. The topological polar surface area (TPSA) is 70.5 Å². The van der Waals surface area contributed by atoms with Crippen LogP contribution < -0.4 is 5.32 Å². The van der Waals surface area contributed by atoms with Gasteiger partial charge in [-0.2, -0.15) is 5.10 Å². The van der Waals surface area contributed by atoms with Crippen LogP contribution in [0.25, 0.3) is 0 Å². The molecular formula is C20H24FN5O2. The van der Waals surface area contributed by atoms with E-state index in [4.69, 9.17) is 0 Å². The van der Waals surface area contributed by atoms with E-state index in [2.05, 4.69) is 10.4 Å². The van der Waals surface area contributed by atoms with Gasteiger partial charge in [0, 0.05) is 39.3 Å². The maximum Gasteiger partial charge on any atom is 0.317 e. The van der Waals surface area contributed by atoms with Crippen molar-refractivity contribution in [3.05, 3.63) is 53.1 Å². The molecule has 148 valence electrons. The first kappa shape index (κ1) is 18.5. The van der Waals surface area contributed by atoms with Crippen LogP contribution in [0.1, 0.15) is 34.5 Å². The van der Waals surface area contributed by atoms with Gasteiger partial charge in [0.05, 0.1) is 17.5 Å². The van der Waals surface area contributed by atoms with Crippen LogP contribution in [-0.2, 0) is 19.5 Å². The Morgan fingerprint density at radius 3 is 2.46 bits per heavy atom. The highest BCUT2D eigenvalue weighted by molar-refractivity contribution is 5.95. The summed E-state index contributed by atoms with van der Waals surface area (Å²) in [6.07, 6.45) is 4.78. The molecule has 8 heteroatoms. The molecule has 0 unspecified atom stereocenters. The SMILES string of the molecule is O=C(NCc1ccc(F)cc1)N1CCN(C(=O)c2cnn3c2CCCC3)CC1. The van der Waals surface area contributed by atoms with Crippen molar-refractivity contribution in [3.8, 4) is 0 Å². The summed E-state index contributed by atoms with van der Waals surface area (Å²) in [6, 6.07) is 5.89. The zero-order chi connectivity index (χ0) is 19.5. The number of halogens is 1. The molecule has 1 aromatic carbocycles. The van der Waals surface area contributed by atoms with Gasteiger partial charge in [0.15, 0.2) is 0 Å². The number of benzene rings is 1. The molecule has 3 heterocycles. The Hall–Kier alpha value is -2.90. The van der Waals surface area contributed by atoms with E-state index in [9.17, 15) is 14.0 Å². The van der Waals surface area contributed by atoms with Gasteiger partial charge in [-0.25, -0.2) is 9.18 Å². The van der Waals surface area contributed by atoms with Crippen molar-refractivity contribution in [2.75, 3.05) is 26.2 Å². The summed E-state index contributed by atoms with van der Waals surface area (Å²) in [4.78, 5) is 28.7. The van der Waals surface area contributed by atoms with E-state index in [0.717, 1.165) is 37.1 Å². The predicted octanol–water partition coefficient (Wildman–Crippen LogP) is 2.03. The maximum absolute atomic E-state index is 12.9. The highest BCUT2D eigenvalue weighted by atomic mass is 19.1. The molecule has 0 radical (unpaired) electrons. The van der Waals surface area contributed by atoms with Crippen LogP contribution in [0.3, 0.4) is 0 Å². The minimum Gasteiger partial charge on any atom is -0.335 e. The Balaban J connectivity index is 1.29. The maximum atomic E-state index is 12.9. The molecule has 0 bridgehead atoms. The number of hydrogen-bond acceptors (Lipinski definition) is 3. The molecule has 0 atom stereocenters. The van der Waals surface area contributed by atoms with Gasteiger partial charge in [0.25, 0.3) is 5.91 Å². The lowest BCUT2D eigenvalue weighted by molar-refractivity contribution is 0.0663. The lowest BCUT2D eigenvalue weighted by Gasteiger charge is -2.34. The Kier molecular flexibility index (Phi) is 5.27. The molecular weight excluding hydrogens is 361 g/mol. The Bertz CT molecular complexity index is 856. The molecule has 2 aromatic rings. The van der Waals surface area contributed by atoms with Gasteiger partial charge in [-0.3, -0.25) is 9.48 Å². The van der Waals surface area contributed by atoms with Crippen LogP contribution in [0.4, 0.5) is 9.18 Å².